The lowest BCUT2D eigenvalue weighted by Gasteiger charge is -2.28. The van der Waals surface area contributed by atoms with Crippen molar-refractivity contribution in [2.24, 2.45) is 5.73 Å². The third kappa shape index (κ3) is 3.21. The number of hydrogen-bond donors (Lipinski definition) is 2. The molecule has 0 saturated carbocycles. The van der Waals surface area contributed by atoms with Crippen LogP contribution in [0.2, 0.25) is 5.02 Å². The van der Waals surface area contributed by atoms with Crippen LogP contribution in [0, 0.1) is 6.92 Å². The topological polar surface area (TPSA) is 101 Å². The summed E-state index contributed by atoms with van der Waals surface area (Å²) < 4.78 is 5.64. The number of benzene rings is 2. The Morgan fingerprint density at radius 2 is 2.00 bits per heavy atom. The first-order valence-electron chi connectivity index (χ1n) is 8.41. The Labute approximate surface area is 160 Å². The van der Waals surface area contributed by atoms with Gasteiger partial charge in [0.2, 0.25) is 5.91 Å². The Hall–Kier alpha value is -3.06. The number of hydrogen-bond acceptors (Lipinski definition) is 4. The molecule has 27 heavy (non-hydrogen) atoms. The fourth-order valence-electron chi connectivity index (χ4n) is 3.36. The van der Waals surface area contributed by atoms with E-state index in [1.807, 2.05) is 30.3 Å². The van der Waals surface area contributed by atoms with E-state index < -0.39 is 18.0 Å². The van der Waals surface area contributed by atoms with E-state index in [1.165, 1.54) is 0 Å². The summed E-state index contributed by atoms with van der Waals surface area (Å²) in [5, 5.41) is 3.22. The predicted octanol–water partition coefficient (Wildman–Crippen LogP) is 2.76. The van der Waals surface area contributed by atoms with Crippen molar-refractivity contribution in [1.29, 1.82) is 0 Å². The second kappa shape index (κ2) is 6.59. The monoisotopic (exact) mass is 384 g/mol. The normalized spacial score (nSPS) is 17.9. The van der Waals surface area contributed by atoms with Crippen molar-refractivity contribution in [2.75, 3.05) is 6.54 Å². The molecule has 1 unspecified atom stereocenters. The van der Waals surface area contributed by atoms with Crippen LogP contribution < -0.4 is 11.1 Å². The minimum atomic E-state index is -0.733. The molecule has 7 nitrogen and oxygen atoms in total. The Kier molecular flexibility index (Phi) is 4.24. The Bertz CT molecular complexity index is 1030. The van der Waals surface area contributed by atoms with Crippen LogP contribution in [0.4, 0.5) is 4.79 Å². The number of nitrogens with zero attached hydrogens (tertiary/aromatic N) is 2. The van der Waals surface area contributed by atoms with E-state index in [-0.39, 0.29) is 12.6 Å². The number of oxazole rings is 1. The van der Waals surface area contributed by atoms with E-state index in [4.69, 9.17) is 21.8 Å². The van der Waals surface area contributed by atoms with E-state index in [0.717, 1.165) is 16.6 Å². The standard InChI is InChI=1S/C19H17ClN4O3/c1-10-22-14-7-4-12(8-16(14)27-10)17(11-2-5-13(20)6-3-11)24-9-15(18(21)25)23-19(24)26/h2-8,15,17H,9H2,1H3,(H2,21,25)(H,23,26)/t15?,17-/m0/s1. The van der Waals surface area contributed by atoms with Crippen LogP contribution in [0.5, 0.6) is 0 Å². The van der Waals surface area contributed by atoms with Gasteiger partial charge in [0.25, 0.3) is 0 Å². The van der Waals surface area contributed by atoms with Crippen LogP contribution in [-0.2, 0) is 4.79 Å². The lowest BCUT2D eigenvalue weighted by atomic mass is 9.97. The van der Waals surface area contributed by atoms with Gasteiger partial charge in [0.15, 0.2) is 11.5 Å². The molecule has 1 aliphatic heterocycles. The van der Waals surface area contributed by atoms with Crippen molar-refractivity contribution in [3.05, 3.63) is 64.5 Å². The number of urea groups is 1. The number of primary amides is 1. The molecule has 1 fully saturated rings. The minimum absolute atomic E-state index is 0.176. The first kappa shape index (κ1) is 17.4. The van der Waals surface area contributed by atoms with Gasteiger partial charge >= 0.3 is 6.03 Å². The maximum absolute atomic E-state index is 12.6. The van der Waals surface area contributed by atoms with Gasteiger partial charge in [-0.2, -0.15) is 0 Å². The molecule has 0 aliphatic carbocycles. The molecular formula is C19H17ClN4O3. The molecule has 1 saturated heterocycles. The fourth-order valence-corrected chi connectivity index (χ4v) is 3.49. The van der Waals surface area contributed by atoms with Gasteiger partial charge in [0, 0.05) is 11.9 Å². The quantitative estimate of drug-likeness (QED) is 0.722. The molecule has 138 valence electrons. The Morgan fingerprint density at radius 1 is 1.30 bits per heavy atom. The summed E-state index contributed by atoms with van der Waals surface area (Å²) in [5.41, 5.74) is 8.44. The zero-order chi connectivity index (χ0) is 19.1. The molecule has 2 atom stereocenters. The molecule has 3 aromatic rings. The van der Waals surface area contributed by atoms with Gasteiger partial charge in [-0.25, -0.2) is 9.78 Å². The first-order valence-corrected chi connectivity index (χ1v) is 8.79. The maximum atomic E-state index is 12.6. The number of nitrogens with two attached hydrogens (primary N) is 1. The molecule has 3 N–H and O–H groups in total. The van der Waals surface area contributed by atoms with E-state index in [1.54, 1.807) is 24.0 Å². The summed E-state index contributed by atoms with van der Waals surface area (Å²) in [5.74, 6) is -0.0000754. The molecule has 2 heterocycles. The highest BCUT2D eigenvalue weighted by atomic mass is 35.5. The van der Waals surface area contributed by atoms with Gasteiger partial charge in [-0.15, -0.1) is 0 Å². The average Bonchev–Trinajstić information content (AvgIpc) is 3.19. The third-order valence-corrected chi connectivity index (χ3v) is 4.87. The summed E-state index contributed by atoms with van der Waals surface area (Å²) in [6.45, 7) is 1.96. The molecule has 0 radical (unpaired) electrons. The zero-order valence-corrected chi connectivity index (χ0v) is 15.2. The van der Waals surface area contributed by atoms with Gasteiger partial charge in [0.05, 0.1) is 12.6 Å². The van der Waals surface area contributed by atoms with Crippen molar-refractivity contribution < 1.29 is 14.0 Å². The second-order valence-corrected chi connectivity index (χ2v) is 6.91. The number of aromatic nitrogens is 1. The molecule has 1 aromatic heterocycles. The third-order valence-electron chi connectivity index (χ3n) is 4.61. The van der Waals surface area contributed by atoms with Crippen molar-refractivity contribution in [3.8, 4) is 0 Å². The van der Waals surface area contributed by atoms with Gasteiger partial charge in [-0.1, -0.05) is 29.8 Å². The Morgan fingerprint density at radius 3 is 2.67 bits per heavy atom. The lowest BCUT2D eigenvalue weighted by Crippen LogP contribution is -2.39. The van der Waals surface area contributed by atoms with E-state index >= 15 is 0 Å². The second-order valence-electron chi connectivity index (χ2n) is 6.47. The zero-order valence-electron chi connectivity index (χ0n) is 14.5. The number of carbonyl (C=O) groups excluding carboxylic acids is 2. The number of halogens is 1. The van der Waals surface area contributed by atoms with Crippen molar-refractivity contribution in [3.63, 3.8) is 0 Å². The summed E-state index contributed by atoms with van der Waals surface area (Å²) in [4.78, 5) is 30.0. The number of rotatable bonds is 4. The fraction of sp³-hybridized carbons (Fsp3) is 0.211. The summed E-state index contributed by atoms with van der Waals surface area (Å²) >= 11 is 6.02. The predicted molar refractivity (Wildman–Crippen MR) is 100 cm³/mol. The van der Waals surface area contributed by atoms with Crippen molar-refractivity contribution in [2.45, 2.75) is 19.0 Å². The molecule has 1 aliphatic rings. The van der Waals surface area contributed by atoms with Gasteiger partial charge in [-0.3, -0.25) is 4.79 Å². The van der Waals surface area contributed by atoms with Crippen LogP contribution in [0.1, 0.15) is 23.1 Å². The number of amides is 3. The molecule has 4 rings (SSSR count). The van der Waals surface area contributed by atoms with Crippen molar-refractivity contribution in [1.82, 2.24) is 15.2 Å². The number of aryl methyl sites for hydroxylation is 1. The first-order chi connectivity index (χ1) is 12.9. The summed E-state index contributed by atoms with van der Waals surface area (Å²) in [7, 11) is 0. The highest BCUT2D eigenvalue weighted by Crippen LogP contribution is 2.33. The molecule has 2 aromatic carbocycles. The highest BCUT2D eigenvalue weighted by molar-refractivity contribution is 6.30. The van der Waals surface area contributed by atoms with Gasteiger partial charge < -0.3 is 20.4 Å². The lowest BCUT2D eigenvalue weighted by molar-refractivity contribution is -0.119. The number of nitrogens with one attached hydrogen (secondary N) is 1. The summed E-state index contributed by atoms with van der Waals surface area (Å²) in [6, 6.07) is 11.3. The number of fused-ring (bicyclic) bond motifs is 1. The van der Waals surface area contributed by atoms with Crippen LogP contribution in [0.3, 0.4) is 0 Å². The van der Waals surface area contributed by atoms with Crippen molar-refractivity contribution >= 4 is 34.6 Å². The smallest absolute Gasteiger partial charge is 0.318 e. The minimum Gasteiger partial charge on any atom is -0.441 e. The molecule has 0 spiro atoms. The van der Waals surface area contributed by atoms with Gasteiger partial charge in [-0.05, 0) is 35.4 Å². The van der Waals surface area contributed by atoms with Crippen LogP contribution in [0.15, 0.2) is 46.9 Å². The van der Waals surface area contributed by atoms with Crippen LogP contribution in [-0.4, -0.2) is 34.4 Å². The molecule has 3 amide bonds. The number of carbonyl (C=O) groups is 2. The van der Waals surface area contributed by atoms with E-state index in [0.29, 0.717) is 16.5 Å². The van der Waals surface area contributed by atoms with E-state index in [2.05, 4.69) is 10.3 Å². The van der Waals surface area contributed by atoms with Gasteiger partial charge in [0.1, 0.15) is 11.6 Å². The average molecular weight is 385 g/mol. The Balaban J connectivity index is 1.81. The maximum Gasteiger partial charge on any atom is 0.318 e. The largest absolute Gasteiger partial charge is 0.441 e. The molecular weight excluding hydrogens is 368 g/mol. The molecule has 0 bridgehead atoms. The summed E-state index contributed by atoms with van der Waals surface area (Å²) in [6.07, 6.45) is 0. The van der Waals surface area contributed by atoms with Crippen LogP contribution >= 0.6 is 11.6 Å². The highest BCUT2D eigenvalue weighted by Gasteiger charge is 2.38. The molecule has 8 heteroatoms. The van der Waals surface area contributed by atoms with Crippen LogP contribution in [0.25, 0.3) is 11.1 Å². The van der Waals surface area contributed by atoms with E-state index in [9.17, 15) is 9.59 Å². The SMILES string of the molecule is Cc1nc2ccc([C@H](c3ccc(Cl)cc3)N3CC(C(N)=O)NC3=O)cc2o1.